The molecule has 0 aliphatic rings. The number of thiophene rings is 2. The summed E-state index contributed by atoms with van der Waals surface area (Å²) in [6.07, 6.45) is 0. The van der Waals surface area contributed by atoms with Gasteiger partial charge in [0.25, 0.3) is 0 Å². The molecular formula is C32H22S2. The summed E-state index contributed by atoms with van der Waals surface area (Å²) in [6.45, 7) is 4.34. The number of benzene rings is 5. The molecule has 2 heteroatoms. The predicted octanol–water partition coefficient (Wildman–Crippen LogP) is 10.4. The first kappa shape index (κ1) is 20.0. The monoisotopic (exact) mass is 470 g/mol. The van der Waals surface area contributed by atoms with Crippen molar-refractivity contribution in [3.8, 4) is 20.9 Å². The molecule has 2 heterocycles. The average Bonchev–Trinajstić information content (AvgIpc) is 3.50. The Bertz CT molecular complexity index is 1740. The minimum absolute atomic E-state index is 1.30. The highest BCUT2D eigenvalue weighted by atomic mass is 32.1. The number of rotatable bonds is 2. The minimum atomic E-state index is 1.30. The van der Waals surface area contributed by atoms with Crippen molar-refractivity contribution in [1.29, 1.82) is 0 Å². The van der Waals surface area contributed by atoms with E-state index >= 15 is 0 Å². The van der Waals surface area contributed by atoms with E-state index in [9.17, 15) is 0 Å². The zero-order valence-electron chi connectivity index (χ0n) is 19.1. The third kappa shape index (κ3) is 3.18. The molecule has 0 radical (unpaired) electrons. The van der Waals surface area contributed by atoms with Crippen LogP contribution in [0.15, 0.2) is 97.1 Å². The van der Waals surface area contributed by atoms with Crippen LogP contribution < -0.4 is 0 Å². The van der Waals surface area contributed by atoms with Gasteiger partial charge in [-0.1, -0.05) is 48.5 Å². The van der Waals surface area contributed by atoms with Gasteiger partial charge in [-0.05, 0) is 117 Å². The standard InChI is InChI=1S/C32H22S2/c1-19-3-13-31(33-19)25-9-11-27-21(15-25)5-7-23-18-30-24(17-29(23)27)8-6-22-16-26(10-12-28(22)30)32-14-4-20(2)34-32/h3-18H,1-2H3. The van der Waals surface area contributed by atoms with Crippen LogP contribution in [-0.2, 0) is 0 Å². The fourth-order valence-electron chi connectivity index (χ4n) is 5.11. The SMILES string of the molecule is Cc1ccc(-c2ccc3c(ccc4cc5c(ccc6cc(-c7ccc(C)s7)ccc65)cc43)c2)s1. The number of aryl methyl sites for hydroxylation is 2. The van der Waals surface area contributed by atoms with Crippen molar-refractivity contribution in [2.75, 3.05) is 0 Å². The van der Waals surface area contributed by atoms with E-state index < -0.39 is 0 Å². The predicted molar refractivity (Wildman–Crippen MR) is 153 cm³/mol. The van der Waals surface area contributed by atoms with Crippen molar-refractivity contribution in [2.24, 2.45) is 0 Å². The van der Waals surface area contributed by atoms with Crippen LogP contribution in [-0.4, -0.2) is 0 Å². The molecule has 0 bridgehead atoms. The lowest BCUT2D eigenvalue weighted by Gasteiger charge is -2.10. The fraction of sp³-hybridized carbons (Fsp3) is 0.0625. The van der Waals surface area contributed by atoms with Crippen LogP contribution in [0.3, 0.4) is 0 Å². The molecule has 0 atom stereocenters. The number of fused-ring (bicyclic) bond motifs is 6. The van der Waals surface area contributed by atoms with Crippen LogP contribution in [0.4, 0.5) is 0 Å². The molecule has 0 fully saturated rings. The summed E-state index contributed by atoms with van der Waals surface area (Å²) in [5.74, 6) is 0. The van der Waals surface area contributed by atoms with Crippen molar-refractivity contribution in [2.45, 2.75) is 13.8 Å². The molecule has 0 aliphatic carbocycles. The lowest BCUT2D eigenvalue weighted by atomic mass is 9.94. The highest BCUT2D eigenvalue weighted by Gasteiger charge is 2.09. The van der Waals surface area contributed by atoms with Crippen molar-refractivity contribution in [3.63, 3.8) is 0 Å². The van der Waals surface area contributed by atoms with Gasteiger partial charge in [-0.25, -0.2) is 0 Å². The second-order valence-electron chi connectivity index (χ2n) is 9.12. The minimum Gasteiger partial charge on any atom is -0.141 e. The number of hydrogen-bond acceptors (Lipinski definition) is 2. The molecular weight excluding hydrogens is 448 g/mol. The van der Waals surface area contributed by atoms with Crippen molar-refractivity contribution < 1.29 is 0 Å². The summed E-state index contributed by atoms with van der Waals surface area (Å²) < 4.78 is 0. The summed E-state index contributed by atoms with van der Waals surface area (Å²) in [5, 5.41) is 10.5. The van der Waals surface area contributed by atoms with Gasteiger partial charge in [-0.3, -0.25) is 0 Å². The van der Waals surface area contributed by atoms with Crippen LogP contribution in [0.5, 0.6) is 0 Å². The van der Waals surface area contributed by atoms with E-state index in [4.69, 9.17) is 0 Å². The Kier molecular flexibility index (Phi) is 4.42. The zero-order chi connectivity index (χ0) is 22.8. The van der Waals surface area contributed by atoms with Gasteiger partial charge >= 0.3 is 0 Å². The lowest BCUT2D eigenvalue weighted by Crippen LogP contribution is -1.83. The largest absolute Gasteiger partial charge is 0.141 e. The van der Waals surface area contributed by atoms with Crippen LogP contribution in [0.1, 0.15) is 9.75 Å². The van der Waals surface area contributed by atoms with E-state index in [1.807, 2.05) is 22.7 Å². The zero-order valence-corrected chi connectivity index (χ0v) is 20.7. The van der Waals surface area contributed by atoms with Crippen LogP contribution in [0.2, 0.25) is 0 Å². The lowest BCUT2D eigenvalue weighted by molar-refractivity contribution is 1.64. The van der Waals surface area contributed by atoms with Crippen LogP contribution in [0.25, 0.3) is 64.0 Å². The van der Waals surface area contributed by atoms with Gasteiger partial charge in [0.2, 0.25) is 0 Å². The van der Waals surface area contributed by atoms with E-state index in [1.54, 1.807) is 0 Å². The molecule has 162 valence electrons. The molecule has 0 N–H and O–H groups in total. The first-order valence-corrected chi connectivity index (χ1v) is 13.2. The number of hydrogen-bond donors (Lipinski definition) is 0. The Balaban J connectivity index is 1.40. The third-order valence-corrected chi connectivity index (χ3v) is 8.94. The maximum absolute atomic E-state index is 2.37. The maximum Gasteiger partial charge on any atom is 0.0345 e. The van der Waals surface area contributed by atoms with Crippen LogP contribution in [0, 0.1) is 13.8 Å². The third-order valence-electron chi connectivity index (χ3n) is 6.84. The molecule has 7 rings (SSSR count). The highest BCUT2D eigenvalue weighted by molar-refractivity contribution is 7.15. The second kappa shape index (κ2) is 7.53. The first-order valence-electron chi connectivity index (χ1n) is 11.6. The summed E-state index contributed by atoms with van der Waals surface area (Å²) in [4.78, 5) is 5.37. The van der Waals surface area contributed by atoms with Gasteiger partial charge in [-0.2, -0.15) is 0 Å². The molecule has 0 saturated heterocycles. The molecule has 2 aromatic heterocycles. The van der Waals surface area contributed by atoms with Gasteiger partial charge < -0.3 is 0 Å². The molecule has 0 saturated carbocycles. The Hall–Kier alpha value is -3.46. The van der Waals surface area contributed by atoms with E-state index in [0.29, 0.717) is 0 Å². The van der Waals surface area contributed by atoms with Gasteiger partial charge in [0, 0.05) is 19.5 Å². The fourth-order valence-corrected chi connectivity index (χ4v) is 6.84. The normalized spacial score (nSPS) is 11.8. The Morgan fingerprint density at radius 3 is 1.18 bits per heavy atom. The van der Waals surface area contributed by atoms with Gasteiger partial charge in [0.15, 0.2) is 0 Å². The smallest absolute Gasteiger partial charge is 0.0345 e. The van der Waals surface area contributed by atoms with E-state index in [1.165, 1.54) is 73.7 Å². The molecule has 0 unspecified atom stereocenters. The van der Waals surface area contributed by atoms with Gasteiger partial charge in [0.05, 0.1) is 0 Å². The summed E-state index contributed by atoms with van der Waals surface area (Å²) in [7, 11) is 0. The highest BCUT2D eigenvalue weighted by Crippen LogP contribution is 2.37. The summed E-state index contributed by atoms with van der Waals surface area (Å²) in [5.41, 5.74) is 2.60. The Labute approximate surface area is 206 Å². The molecule has 34 heavy (non-hydrogen) atoms. The average molecular weight is 471 g/mol. The molecule has 0 nitrogen and oxygen atoms in total. The quantitative estimate of drug-likeness (QED) is 0.174. The molecule has 0 spiro atoms. The van der Waals surface area contributed by atoms with E-state index in [2.05, 4.69) is 111 Å². The second-order valence-corrected chi connectivity index (χ2v) is 11.7. The van der Waals surface area contributed by atoms with Crippen LogP contribution >= 0.6 is 22.7 Å². The van der Waals surface area contributed by atoms with Gasteiger partial charge in [-0.15, -0.1) is 22.7 Å². The van der Waals surface area contributed by atoms with E-state index in [0.717, 1.165) is 0 Å². The maximum atomic E-state index is 2.37. The van der Waals surface area contributed by atoms with Crippen molar-refractivity contribution in [3.05, 3.63) is 107 Å². The molecule has 0 amide bonds. The topological polar surface area (TPSA) is 0 Å². The first-order chi connectivity index (χ1) is 16.6. The summed E-state index contributed by atoms with van der Waals surface area (Å²) >= 11 is 3.71. The Morgan fingerprint density at radius 1 is 0.382 bits per heavy atom. The molecule has 5 aromatic carbocycles. The van der Waals surface area contributed by atoms with E-state index in [-0.39, 0.29) is 0 Å². The van der Waals surface area contributed by atoms with Crippen molar-refractivity contribution >= 4 is 65.8 Å². The van der Waals surface area contributed by atoms with Crippen molar-refractivity contribution in [1.82, 2.24) is 0 Å². The summed E-state index contributed by atoms with van der Waals surface area (Å²) in [6, 6.07) is 36.5. The van der Waals surface area contributed by atoms with Gasteiger partial charge in [0.1, 0.15) is 0 Å². The molecule has 0 aliphatic heterocycles. The Morgan fingerprint density at radius 2 is 0.794 bits per heavy atom. The molecule has 7 aromatic rings.